The number of hydrogen-bond donors (Lipinski definition) is 1. The van der Waals surface area contributed by atoms with Crippen molar-refractivity contribution in [3.8, 4) is 0 Å². The molecule has 0 saturated heterocycles. The molecule has 0 aliphatic carbocycles. The first-order chi connectivity index (χ1) is 11.6. The predicted octanol–water partition coefficient (Wildman–Crippen LogP) is 2.15. The summed E-state index contributed by atoms with van der Waals surface area (Å²) in [7, 11) is -3.81. The Hall–Kier alpha value is -1.78. The first kappa shape index (κ1) is 19.5. The normalized spacial score (nSPS) is 12.2. The topological polar surface area (TPSA) is 111 Å². The van der Waals surface area contributed by atoms with Crippen LogP contribution in [-0.2, 0) is 31.6 Å². The van der Waals surface area contributed by atoms with E-state index in [-0.39, 0.29) is 22.8 Å². The average Bonchev–Trinajstić information content (AvgIpc) is 3.00. The van der Waals surface area contributed by atoms with Gasteiger partial charge in [0, 0.05) is 9.89 Å². The monoisotopic (exact) mass is 431 g/mol. The number of rotatable bonds is 6. The zero-order valence-corrected chi connectivity index (χ0v) is 16.3. The summed E-state index contributed by atoms with van der Waals surface area (Å²) in [6.45, 7) is 5.04. The minimum absolute atomic E-state index is 0.0430. The van der Waals surface area contributed by atoms with Gasteiger partial charge in [0.05, 0.1) is 4.90 Å². The summed E-state index contributed by atoms with van der Waals surface area (Å²) in [6, 6.07) is 6.13. The molecule has 0 bridgehead atoms. The number of hydrogen-bond acceptors (Lipinski definition) is 7. The van der Waals surface area contributed by atoms with Crippen LogP contribution >= 0.6 is 15.9 Å². The number of ether oxygens (including phenoxy) is 1. The fourth-order valence-corrected chi connectivity index (χ4v) is 3.25. The van der Waals surface area contributed by atoms with E-state index >= 15 is 0 Å². The maximum Gasteiger partial charge on any atom is 0.321 e. The molecule has 0 spiro atoms. The largest absolute Gasteiger partial charge is 0.455 e. The second-order valence-corrected chi connectivity index (χ2v) is 8.89. The second-order valence-electron chi connectivity index (χ2n) is 6.20. The molecule has 0 unspecified atom stereocenters. The van der Waals surface area contributed by atoms with Gasteiger partial charge in [0.2, 0.25) is 10.0 Å². The van der Waals surface area contributed by atoms with Crippen LogP contribution in [0.1, 0.15) is 32.5 Å². The summed E-state index contributed by atoms with van der Waals surface area (Å²) in [4.78, 5) is 15.9. The van der Waals surface area contributed by atoms with E-state index in [1.807, 2.05) is 20.8 Å². The number of aromatic nitrogens is 2. The van der Waals surface area contributed by atoms with Crippen molar-refractivity contribution in [2.45, 2.75) is 37.7 Å². The lowest BCUT2D eigenvalue weighted by molar-refractivity contribution is -0.144. The van der Waals surface area contributed by atoms with Gasteiger partial charge in [0.1, 0.15) is 6.54 Å². The maximum absolute atomic E-state index is 12.1. The second kappa shape index (κ2) is 7.63. The Kier molecular flexibility index (Phi) is 5.96. The van der Waals surface area contributed by atoms with Crippen LogP contribution in [0.15, 0.2) is 38.2 Å². The third-order valence-electron chi connectivity index (χ3n) is 3.01. The highest BCUT2D eigenvalue weighted by Gasteiger charge is 2.22. The number of nitrogens with zero attached hydrogens (tertiary/aromatic N) is 2. The summed E-state index contributed by atoms with van der Waals surface area (Å²) in [5.41, 5.74) is -0.286. The van der Waals surface area contributed by atoms with Crippen LogP contribution in [0.3, 0.4) is 0 Å². The smallest absolute Gasteiger partial charge is 0.321 e. The molecule has 0 atom stereocenters. The molecular formula is C15H18BrN3O5S. The molecule has 136 valence electrons. The molecule has 1 aromatic carbocycles. The number of benzene rings is 1. The Balaban J connectivity index is 1.87. The zero-order valence-electron chi connectivity index (χ0n) is 13.9. The van der Waals surface area contributed by atoms with Gasteiger partial charge in [-0.15, -0.1) is 0 Å². The van der Waals surface area contributed by atoms with Crippen molar-refractivity contribution in [3.63, 3.8) is 0 Å². The van der Waals surface area contributed by atoms with Gasteiger partial charge in [-0.25, -0.2) is 8.42 Å². The van der Waals surface area contributed by atoms with E-state index in [1.54, 1.807) is 12.1 Å². The Morgan fingerprint density at radius 2 is 2.08 bits per heavy atom. The number of sulfonamides is 1. The zero-order chi connectivity index (χ0) is 18.7. The Labute approximate surface area is 154 Å². The molecule has 0 amide bonds. The van der Waals surface area contributed by atoms with Gasteiger partial charge in [-0.3, -0.25) is 4.79 Å². The van der Waals surface area contributed by atoms with E-state index in [2.05, 4.69) is 30.8 Å². The third kappa shape index (κ3) is 5.62. The molecule has 0 saturated carbocycles. The SMILES string of the molecule is CC(C)(C)c1noc(COC(=O)CNS(=O)(=O)c2cccc(Br)c2)n1. The van der Waals surface area contributed by atoms with Crippen LogP contribution in [0.4, 0.5) is 0 Å². The van der Waals surface area contributed by atoms with Crippen molar-refractivity contribution < 1.29 is 22.5 Å². The number of carbonyl (C=O) groups excluding carboxylic acids is 1. The molecule has 0 fully saturated rings. The number of carbonyl (C=O) groups is 1. The third-order valence-corrected chi connectivity index (χ3v) is 4.90. The molecule has 25 heavy (non-hydrogen) atoms. The molecule has 2 rings (SSSR count). The number of nitrogens with one attached hydrogen (secondary N) is 1. The fourth-order valence-electron chi connectivity index (χ4n) is 1.68. The van der Waals surface area contributed by atoms with E-state index in [9.17, 15) is 13.2 Å². The van der Waals surface area contributed by atoms with Crippen LogP contribution in [0.5, 0.6) is 0 Å². The van der Waals surface area contributed by atoms with Crippen LogP contribution in [0, 0.1) is 0 Å². The molecule has 10 heteroatoms. The van der Waals surface area contributed by atoms with Crippen molar-refractivity contribution in [2.24, 2.45) is 0 Å². The lowest BCUT2D eigenvalue weighted by atomic mass is 9.96. The maximum atomic E-state index is 12.1. The summed E-state index contributed by atoms with van der Waals surface area (Å²) in [6.07, 6.45) is 0. The first-order valence-electron chi connectivity index (χ1n) is 7.32. The highest BCUT2D eigenvalue weighted by atomic mass is 79.9. The van der Waals surface area contributed by atoms with Crippen LogP contribution < -0.4 is 4.72 Å². The molecule has 2 aromatic rings. The van der Waals surface area contributed by atoms with Crippen LogP contribution in [-0.4, -0.2) is 31.1 Å². The van der Waals surface area contributed by atoms with Crippen molar-refractivity contribution in [1.29, 1.82) is 0 Å². The van der Waals surface area contributed by atoms with Crippen LogP contribution in [0.25, 0.3) is 0 Å². The molecule has 0 aliphatic heterocycles. The summed E-state index contributed by atoms with van der Waals surface area (Å²) < 4.78 is 36.9. The van der Waals surface area contributed by atoms with Gasteiger partial charge in [0.15, 0.2) is 12.4 Å². The molecule has 1 N–H and O–H groups in total. The highest BCUT2D eigenvalue weighted by molar-refractivity contribution is 9.10. The summed E-state index contributed by atoms with van der Waals surface area (Å²) >= 11 is 3.19. The van der Waals surface area contributed by atoms with Crippen molar-refractivity contribution in [3.05, 3.63) is 40.5 Å². The Morgan fingerprint density at radius 3 is 2.68 bits per heavy atom. The van der Waals surface area contributed by atoms with Gasteiger partial charge in [0.25, 0.3) is 5.89 Å². The lowest BCUT2D eigenvalue weighted by Crippen LogP contribution is -2.30. The Morgan fingerprint density at radius 1 is 1.36 bits per heavy atom. The van der Waals surface area contributed by atoms with E-state index in [0.717, 1.165) is 0 Å². The molecular weight excluding hydrogens is 414 g/mol. The fraction of sp³-hybridized carbons (Fsp3) is 0.400. The van der Waals surface area contributed by atoms with Gasteiger partial charge < -0.3 is 9.26 Å². The minimum atomic E-state index is -3.81. The first-order valence-corrected chi connectivity index (χ1v) is 9.59. The van der Waals surface area contributed by atoms with Gasteiger partial charge >= 0.3 is 5.97 Å². The molecule has 8 nitrogen and oxygen atoms in total. The van der Waals surface area contributed by atoms with E-state index in [4.69, 9.17) is 9.26 Å². The standard InChI is InChI=1S/C15H18BrN3O5S/c1-15(2,3)14-18-12(24-19-14)9-23-13(20)8-17-25(21,22)11-6-4-5-10(16)7-11/h4-7,17H,8-9H2,1-3H3. The average molecular weight is 432 g/mol. The van der Waals surface area contributed by atoms with Crippen molar-refractivity contribution >= 4 is 31.9 Å². The van der Waals surface area contributed by atoms with Gasteiger partial charge in [-0.2, -0.15) is 9.71 Å². The predicted molar refractivity (Wildman–Crippen MR) is 92.1 cm³/mol. The van der Waals surface area contributed by atoms with E-state index < -0.39 is 22.5 Å². The Bertz CT molecular complexity index is 858. The molecule has 1 aromatic heterocycles. The van der Waals surface area contributed by atoms with Crippen molar-refractivity contribution in [2.75, 3.05) is 6.54 Å². The van der Waals surface area contributed by atoms with Crippen LogP contribution in [0.2, 0.25) is 0 Å². The van der Waals surface area contributed by atoms with E-state index in [0.29, 0.717) is 10.3 Å². The van der Waals surface area contributed by atoms with Crippen molar-refractivity contribution in [1.82, 2.24) is 14.9 Å². The molecule has 0 aliphatic rings. The van der Waals surface area contributed by atoms with Gasteiger partial charge in [-0.05, 0) is 18.2 Å². The lowest BCUT2D eigenvalue weighted by Gasteiger charge is -2.10. The van der Waals surface area contributed by atoms with Gasteiger partial charge in [-0.1, -0.05) is 47.9 Å². The van der Waals surface area contributed by atoms with E-state index in [1.165, 1.54) is 12.1 Å². The molecule has 1 heterocycles. The number of esters is 1. The summed E-state index contributed by atoms with van der Waals surface area (Å²) in [5, 5.41) is 3.81. The summed E-state index contributed by atoms with van der Waals surface area (Å²) in [5.74, 6) is -0.115. The number of halogens is 1. The quantitative estimate of drug-likeness (QED) is 0.697. The molecule has 0 radical (unpaired) electrons. The highest BCUT2D eigenvalue weighted by Crippen LogP contribution is 2.18. The minimum Gasteiger partial charge on any atom is -0.455 e.